The Balaban J connectivity index is 1.53. The van der Waals surface area contributed by atoms with Crippen LogP contribution in [0.2, 0.25) is 0 Å². The molecule has 0 radical (unpaired) electrons. The molecule has 1 heterocycles. The van der Waals surface area contributed by atoms with Gasteiger partial charge in [0.25, 0.3) is 0 Å². The lowest BCUT2D eigenvalue weighted by atomic mass is 9.92. The van der Waals surface area contributed by atoms with Crippen LogP contribution in [0.15, 0.2) is 54.6 Å². The summed E-state index contributed by atoms with van der Waals surface area (Å²) in [6.07, 6.45) is 2.06. The molecule has 2 fully saturated rings. The summed E-state index contributed by atoms with van der Waals surface area (Å²) in [5, 5.41) is 0. The third kappa shape index (κ3) is 3.59. The maximum Gasteiger partial charge on any atom is 0.230 e. The van der Waals surface area contributed by atoms with Gasteiger partial charge in [0.15, 0.2) is 0 Å². The van der Waals surface area contributed by atoms with Crippen molar-refractivity contribution < 1.29 is 13.9 Å². The molecule has 130 valence electrons. The number of benzene rings is 2. The Bertz CT molecular complexity index is 727. The van der Waals surface area contributed by atoms with Gasteiger partial charge in [0, 0.05) is 6.54 Å². The first-order valence-corrected chi connectivity index (χ1v) is 8.93. The van der Waals surface area contributed by atoms with Crippen molar-refractivity contribution >= 4 is 5.91 Å². The van der Waals surface area contributed by atoms with E-state index in [1.165, 1.54) is 12.1 Å². The second kappa shape index (κ2) is 6.96. The van der Waals surface area contributed by atoms with E-state index in [4.69, 9.17) is 4.74 Å². The van der Waals surface area contributed by atoms with Crippen LogP contribution in [0.3, 0.4) is 0 Å². The van der Waals surface area contributed by atoms with Gasteiger partial charge in [-0.15, -0.1) is 0 Å². The molecule has 1 saturated heterocycles. The number of amides is 1. The standard InChI is InChI=1S/C21H22FNO2/c22-18-10-8-17(9-11-18)20(16-6-7-16)21(24)23-12-13-25-19(14-23)15-4-2-1-3-5-15/h1-5,8-11,16,19-20H,6-7,12-14H2. The molecule has 1 aliphatic carbocycles. The molecule has 1 amide bonds. The third-order valence-corrected chi connectivity index (χ3v) is 5.14. The lowest BCUT2D eigenvalue weighted by Gasteiger charge is -2.35. The van der Waals surface area contributed by atoms with Gasteiger partial charge in [-0.25, -0.2) is 4.39 Å². The molecule has 0 N–H and O–H groups in total. The van der Waals surface area contributed by atoms with Gasteiger partial charge in [0.1, 0.15) is 11.9 Å². The maximum absolute atomic E-state index is 13.2. The van der Waals surface area contributed by atoms with Gasteiger partial charge in [-0.2, -0.15) is 0 Å². The average molecular weight is 339 g/mol. The van der Waals surface area contributed by atoms with Gasteiger partial charge in [-0.1, -0.05) is 42.5 Å². The lowest BCUT2D eigenvalue weighted by Crippen LogP contribution is -2.44. The van der Waals surface area contributed by atoms with Crippen LogP contribution in [0.25, 0.3) is 0 Å². The summed E-state index contributed by atoms with van der Waals surface area (Å²) in [5.74, 6) is 0.116. The largest absolute Gasteiger partial charge is 0.370 e. The van der Waals surface area contributed by atoms with Crippen molar-refractivity contribution in [3.05, 3.63) is 71.5 Å². The van der Waals surface area contributed by atoms with Crippen LogP contribution in [-0.4, -0.2) is 30.5 Å². The molecule has 2 aliphatic rings. The van der Waals surface area contributed by atoms with Gasteiger partial charge in [0.05, 0.1) is 19.1 Å². The normalized spacial score (nSPS) is 21.8. The van der Waals surface area contributed by atoms with E-state index in [9.17, 15) is 9.18 Å². The number of carbonyl (C=O) groups excluding carboxylic acids is 1. The van der Waals surface area contributed by atoms with Crippen LogP contribution >= 0.6 is 0 Å². The Hall–Kier alpha value is -2.20. The minimum Gasteiger partial charge on any atom is -0.370 e. The van der Waals surface area contributed by atoms with Crippen molar-refractivity contribution in [1.29, 1.82) is 0 Å². The smallest absolute Gasteiger partial charge is 0.230 e. The number of ether oxygens (including phenoxy) is 1. The fraction of sp³-hybridized carbons (Fsp3) is 0.381. The van der Waals surface area contributed by atoms with Gasteiger partial charge in [0.2, 0.25) is 5.91 Å². The summed E-state index contributed by atoms with van der Waals surface area (Å²) in [5.41, 5.74) is 2.03. The summed E-state index contributed by atoms with van der Waals surface area (Å²) in [4.78, 5) is 15.1. The van der Waals surface area contributed by atoms with E-state index >= 15 is 0 Å². The van der Waals surface area contributed by atoms with Crippen molar-refractivity contribution in [3.63, 3.8) is 0 Å². The van der Waals surface area contributed by atoms with E-state index in [0.29, 0.717) is 25.6 Å². The highest BCUT2D eigenvalue weighted by atomic mass is 19.1. The van der Waals surface area contributed by atoms with Crippen molar-refractivity contribution in [1.82, 2.24) is 4.90 Å². The fourth-order valence-corrected chi connectivity index (χ4v) is 3.63. The Morgan fingerprint density at radius 2 is 1.80 bits per heavy atom. The summed E-state index contributed by atoms with van der Waals surface area (Å²) in [7, 11) is 0. The molecule has 4 rings (SSSR count). The second-order valence-electron chi connectivity index (χ2n) is 6.92. The fourth-order valence-electron chi connectivity index (χ4n) is 3.63. The molecule has 4 heteroatoms. The molecule has 2 aromatic rings. The molecule has 2 unspecified atom stereocenters. The first-order chi connectivity index (χ1) is 12.2. The van der Waals surface area contributed by atoms with Gasteiger partial charge in [-0.05, 0) is 42.0 Å². The van der Waals surface area contributed by atoms with E-state index in [2.05, 4.69) is 0 Å². The molecule has 1 aliphatic heterocycles. The summed E-state index contributed by atoms with van der Waals surface area (Å²) in [6, 6.07) is 16.4. The molecule has 2 aromatic carbocycles. The van der Waals surface area contributed by atoms with Crippen LogP contribution in [0, 0.1) is 11.7 Å². The zero-order valence-corrected chi connectivity index (χ0v) is 14.1. The minimum absolute atomic E-state index is 0.0769. The van der Waals surface area contributed by atoms with Crippen LogP contribution in [0.4, 0.5) is 4.39 Å². The summed E-state index contributed by atoms with van der Waals surface area (Å²) in [6.45, 7) is 1.74. The van der Waals surface area contributed by atoms with Crippen LogP contribution in [0.5, 0.6) is 0 Å². The van der Waals surface area contributed by atoms with E-state index in [1.807, 2.05) is 35.2 Å². The van der Waals surface area contributed by atoms with Crippen LogP contribution in [-0.2, 0) is 9.53 Å². The molecular weight excluding hydrogens is 317 g/mol. The number of hydrogen-bond donors (Lipinski definition) is 0. The van der Waals surface area contributed by atoms with Crippen molar-refractivity contribution in [3.8, 4) is 0 Å². The highest BCUT2D eigenvalue weighted by Crippen LogP contribution is 2.44. The molecule has 0 bridgehead atoms. The number of carbonyl (C=O) groups is 1. The van der Waals surface area contributed by atoms with Crippen LogP contribution in [0.1, 0.15) is 36.0 Å². The molecular formula is C21H22FNO2. The monoisotopic (exact) mass is 339 g/mol. The van der Waals surface area contributed by atoms with Gasteiger partial charge >= 0.3 is 0 Å². The van der Waals surface area contributed by atoms with Crippen LogP contribution < -0.4 is 0 Å². The number of hydrogen-bond acceptors (Lipinski definition) is 2. The first-order valence-electron chi connectivity index (χ1n) is 8.93. The molecule has 1 saturated carbocycles. The van der Waals surface area contributed by atoms with E-state index in [1.54, 1.807) is 12.1 Å². The number of halogens is 1. The highest BCUT2D eigenvalue weighted by molar-refractivity contribution is 5.84. The predicted octanol–water partition coefficient (Wildman–Crippen LogP) is 3.92. The highest BCUT2D eigenvalue weighted by Gasteiger charge is 2.40. The van der Waals surface area contributed by atoms with Gasteiger partial charge < -0.3 is 9.64 Å². The first kappa shape index (κ1) is 16.3. The number of rotatable bonds is 4. The Labute approximate surface area is 147 Å². The van der Waals surface area contributed by atoms with Gasteiger partial charge in [-0.3, -0.25) is 4.79 Å². The van der Waals surface area contributed by atoms with Crippen molar-refractivity contribution in [2.45, 2.75) is 24.9 Å². The second-order valence-corrected chi connectivity index (χ2v) is 6.92. The van der Waals surface area contributed by atoms with Crippen molar-refractivity contribution in [2.75, 3.05) is 19.7 Å². The van der Waals surface area contributed by atoms with E-state index in [-0.39, 0.29) is 23.7 Å². The Kier molecular flexibility index (Phi) is 4.53. The summed E-state index contributed by atoms with van der Waals surface area (Å²) >= 11 is 0. The Morgan fingerprint density at radius 1 is 1.08 bits per heavy atom. The molecule has 0 aromatic heterocycles. The lowest BCUT2D eigenvalue weighted by molar-refractivity contribution is -0.141. The molecule has 0 spiro atoms. The zero-order valence-electron chi connectivity index (χ0n) is 14.1. The molecule has 25 heavy (non-hydrogen) atoms. The maximum atomic E-state index is 13.2. The SMILES string of the molecule is O=C(C(c1ccc(F)cc1)C1CC1)N1CCOC(c2ccccc2)C1. The topological polar surface area (TPSA) is 29.5 Å². The zero-order chi connectivity index (χ0) is 17.2. The molecule has 3 nitrogen and oxygen atoms in total. The predicted molar refractivity (Wildman–Crippen MR) is 93.6 cm³/mol. The summed E-state index contributed by atoms with van der Waals surface area (Å²) < 4.78 is 19.1. The third-order valence-electron chi connectivity index (χ3n) is 5.14. The van der Waals surface area contributed by atoms with Crippen molar-refractivity contribution in [2.24, 2.45) is 5.92 Å². The van der Waals surface area contributed by atoms with E-state index < -0.39 is 0 Å². The van der Waals surface area contributed by atoms with E-state index in [0.717, 1.165) is 24.0 Å². The number of morpholine rings is 1. The minimum atomic E-state index is -0.263. The quantitative estimate of drug-likeness (QED) is 0.845. The average Bonchev–Trinajstić information content (AvgIpc) is 3.49. The number of nitrogens with zero attached hydrogens (tertiary/aromatic N) is 1. The molecule has 2 atom stereocenters. The Morgan fingerprint density at radius 3 is 2.48 bits per heavy atom.